The molecule has 7 heteroatoms. The average molecular weight is 298 g/mol. The van der Waals surface area contributed by atoms with Crippen molar-refractivity contribution in [1.29, 1.82) is 0 Å². The fraction of sp³-hybridized carbons (Fsp3) is 0.417. The molecule has 0 aliphatic rings. The lowest BCUT2D eigenvalue weighted by atomic mass is 10.2. The molecule has 2 aromatic heterocycles. The van der Waals surface area contributed by atoms with Gasteiger partial charge in [-0.1, -0.05) is 6.92 Å². The summed E-state index contributed by atoms with van der Waals surface area (Å²) in [6.07, 6.45) is 1.69. The Morgan fingerprint density at radius 3 is 3.05 bits per heavy atom. The van der Waals surface area contributed by atoms with Crippen LogP contribution >= 0.6 is 23.1 Å². The average Bonchev–Trinajstić information content (AvgIpc) is 3.06. The van der Waals surface area contributed by atoms with Gasteiger partial charge in [0.2, 0.25) is 5.89 Å². The molecule has 0 spiro atoms. The lowest BCUT2D eigenvalue weighted by Crippen LogP contribution is -2.10. The Labute approximate surface area is 119 Å². The van der Waals surface area contributed by atoms with Gasteiger partial charge in [0, 0.05) is 6.42 Å². The molecule has 0 amide bonds. The highest BCUT2D eigenvalue weighted by Gasteiger charge is 2.25. The predicted molar refractivity (Wildman–Crippen MR) is 73.2 cm³/mol. The van der Waals surface area contributed by atoms with E-state index in [0.29, 0.717) is 11.1 Å². The molecule has 0 aliphatic carbocycles. The van der Waals surface area contributed by atoms with Crippen molar-refractivity contribution in [2.45, 2.75) is 30.2 Å². The fourth-order valence-corrected chi connectivity index (χ4v) is 3.17. The van der Waals surface area contributed by atoms with E-state index in [1.165, 1.54) is 30.2 Å². The Morgan fingerprint density at radius 2 is 2.42 bits per heavy atom. The quantitative estimate of drug-likeness (QED) is 0.603. The van der Waals surface area contributed by atoms with Crippen LogP contribution in [0, 0.1) is 0 Å². The number of esters is 1. The molecule has 0 radical (unpaired) electrons. The molecule has 0 bridgehead atoms. The first-order valence-electron chi connectivity index (χ1n) is 5.83. The largest absolute Gasteiger partial charge is 0.468 e. The first kappa shape index (κ1) is 14.1. The Balaban J connectivity index is 2.13. The number of rotatable bonds is 6. The summed E-state index contributed by atoms with van der Waals surface area (Å²) in [4.78, 5) is 11.8. The highest BCUT2D eigenvalue weighted by Crippen LogP contribution is 2.36. The Bertz CT molecular complexity index is 525. The maximum Gasteiger partial charge on any atom is 0.323 e. The molecular weight excluding hydrogens is 284 g/mol. The molecule has 19 heavy (non-hydrogen) atoms. The third-order valence-corrected chi connectivity index (χ3v) is 4.16. The van der Waals surface area contributed by atoms with Crippen LogP contribution in [0.5, 0.6) is 0 Å². The number of hydrogen-bond donors (Lipinski definition) is 0. The highest BCUT2D eigenvalue weighted by molar-refractivity contribution is 8.00. The van der Waals surface area contributed by atoms with Crippen LogP contribution in [0.15, 0.2) is 26.5 Å². The number of aromatic nitrogens is 2. The van der Waals surface area contributed by atoms with Gasteiger partial charge in [-0.15, -0.1) is 10.2 Å². The molecule has 2 heterocycles. The minimum atomic E-state index is -0.467. The summed E-state index contributed by atoms with van der Waals surface area (Å²) in [5.41, 5.74) is 0.886. The van der Waals surface area contributed by atoms with Crippen LogP contribution in [0.3, 0.4) is 0 Å². The lowest BCUT2D eigenvalue weighted by molar-refractivity contribution is -0.140. The summed E-state index contributed by atoms with van der Waals surface area (Å²) in [5.74, 6) is 0.276. The Hall–Kier alpha value is -1.34. The zero-order valence-corrected chi connectivity index (χ0v) is 12.3. The normalized spacial score (nSPS) is 12.3. The first-order valence-corrected chi connectivity index (χ1v) is 7.65. The van der Waals surface area contributed by atoms with Gasteiger partial charge >= 0.3 is 5.97 Å². The van der Waals surface area contributed by atoms with Crippen LogP contribution in [0.25, 0.3) is 0 Å². The Morgan fingerprint density at radius 1 is 1.58 bits per heavy atom. The van der Waals surface area contributed by atoms with Crippen LogP contribution < -0.4 is 0 Å². The van der Waals surface area contributed by atoms with Crippen LogP contribution in [-0.2, 0) is 16.0 Å². The van der Waals surface area contributed by atoms with Crippen LogP contribution in [-0.4, -0.2) is 23.3 Å². The van der Waals surface area contributed by atoms with E-state index in [1.807, 2.05) is 23.8 Å². The fourth-order valence-electron chi connectivity index (χ4n) is 1.48. The molecule has 0 saturated carbocycles. The molecule has 0 saturated heterocycles. The molecule has 0 fully saturated rings. The van der Waals surface area contributed by atoms with Gasteiger partial charge in [0.15, 0.2) is 0 Å². The van der Waals surface area contributed by atoms with Crippen molar-refractivity contribution < 1.29 is 13.9 Å². The van der Waals surface area contributed by atoms with Gasteiger partial charge in [0.1, 0.15) is 5.25 Å². The first-order chi connectivity index (χ1) is 9.24. The summed E-state index contributed by atoms with van der Waals surface area (Å²) in [6, 6.07) is 1.89. The zero-order chi connectivity index (χ0) is 13.7. The second kappa shape index (κ2) is 6.72. The number of carbonyl (C=O) groups is 1. The molecule has 0 aromatic carbocycles. The molecule has 5 nitrogen and oxygen atoms in total. The maximum atomic E-state index is 11.8. The minimum absolute atomic E-state index is 0.321. The van der Waals surface area contributed by atoms with Crippen molar-refractivity contribution >= 4 is 29.1 Å². The van der Waals surface area contributed by atoms with E-state index in [4.69, 9.17) is 9.15 Å². The molecule has 0 aliphatic heterocycles. The SMILES string of the molecule is CCCc1nnc(S[C@H](C(=O)OC)c2ccsc2)o1. The van der Waals surface area contributed by atoms with Crippen molar-refractivity contribution in [2.75, 3.05) is 7.11 Å². The number of thiophene rings is 1. The summed E-state index contributed by atoms with van der Waals surface area (Å²) >= 11 is 2.75. The topological polar surface area (TPSA) is 65.2 Å². The van der Waals surface area contributed by atoms with E-state index in [9.17, 15) is 4.79 Å². The van der Waals surface area contributed by atoms with Gasteiger partial charge in [-0.05, 0) is 40.6 Å². The zero-order valence-electron chi connectivity index (χ0n) is 10.7. The van der Waals surface area contributed by atoms with Crippen molar-refractivity contribution in [3.05, 3.63) is 28.3 Å². The molecule has 1 atom stereocenters. The molecule has 102 valence electrons. The van der Waals surface area contributed by atoms with Crippen molar-refractivity contribution in [3.63, 3.8) is 0 Å². The van der Waals surface area contributed by atoms with E-state index in [2.05, 4.69) is 10.2 Å². The number of ether oxygens (including phenoxy) is 1. The lowest BCUT2D eigenvalue weighted by Gasteiger charge is -2.09. The maximum absolute atomic E-state index is 11.8. The van der Waals surface area contributed by atoms with E-state index in [1.54, 1.807) is 0 Å². The number of hydrogen-bond acceptors (Lipinski definition) is 7. The number of thioether (sulfide) groups is 1. The smallest absolute Gasteiger partial charge is 0.323 e. The second-order valence-corrected chi connectivity index (χ2v) is 5.63. The van der Waals surface area contributed by atoms with Gasteiger partial charge < -0.3 is 9.15 Å². The van der Waals surface area contributed by atoms with Crippen LogP contribution in [0.1, 0.15) is 30.0 Å². The van der Waals surface area contributed by atoms with Crippen LogP contribution in [0.2, 0.25) is 0 Å². The summed E-state index contributed by atoms with van der Waals surface area (Å²) in [6.45, 7) is 2.04. The van der Waals surface area contributed by atoms with Gasteiger partial charge in [-0.2, -0.15) is 11.3 Å². The molecule has 2 aromatic rings. The van der Waals surface area contributed by atoms with Crippen molar-refractivity contribution in [2.24, 2.45) is 0 Å². The van der Waals surface area contributed by atoms with E-state index < -0.39 is 5.25 Å². The Kier molecular flexibility index (Phi) is 4.98. The van der Waals surface area contributed by atoms with Gasteiger partial charge in [0.25, 0.3) is 5.22 Å². The van der Waals surface area contributed by atoms with Crippen LogP contribution in [0.4, 0.5) is 0 Å². The number of aryl methyl sites for hydroxylation is 1. The molecular formula is C12H14N2O3S2. The number of methoxy groups -OCH3 is 1. The highest BCUT2D eigenvalue weighted by atomic mass is 32.2. The van der Waals surface area contributed by atoms with Gasteiger partial charge in [-0.3, -0.25) is 4.79 Å². The van der Waals surface area contributed by atoms with Gasteiger partial charge in [0.05, 0.1) is 7.11 Å². The van der Waals surface area contributed by atoms with Crippen molar-refractivity contribution in [3.8, 4) is 0 Å². The third kappa shape index (κ3) is 3.57. The van der Waals surface area contributed by atoms with Crippen molar-refractivity contribution in [1.82, 2.24) is 10.2 Å². The third-order valence-electron chi connectivity index (χ3n) is 2.39. The monoisotopic (exact) mass is 298 g/mol. The summed E-state index contributed by atoms with van der Waals surface area (Å²) < 4.78 is 10.3. The molecule has 0 unspecified atom stereocenters. The molecule has 2 rings (SSSR count). The number of carbonyl (C=O) groups excluding carboxylic acids is 1. The number of nitrogens with zero attached hydrogens (tertiary/aromatic N) is 2. The standard InChI is InChI=1S/C12H14N2O3S2/c1-3-4-9-13-14-12(17-9)19-10(11(15)16-2)8-5-6-18-7-8/h5-7,10H,3-4H2,1-2H3/t10-/m0/s1. The minimum Gasteiger partial charge on any atom is -0.468 e. The second-order valence-electron chi connectivity index (χ2n) is 3.79. The van der Waals surface area contributed by atoms with Gasteiger partial charge in [-0.25, -0.2) is 0 Å². The predicted octanol–water partition coefficient (Wildman–Crippen LogP) is 3.09. The molecule has 0 N–H and O–H groups in total. The summed E-state index contributed by atoms with van der Waals surface area (Å²) in [5, 5.41) is 11.6. The van der Waals surface area contributed by atoms with E-state index >= 15 is 0 Å². The van der Waals surface area contributed by atoms with E-state index in [-0.39, 0.29) is 5.97 Å². The summed E-state index contributed by atoms with van der Waals surface area (Å²) in [7, 11) is 1.37. The van der Waals surface area contributed by atoms with E-state index in [0.717, 1.165) is 18.4 Å².